The Bertz CT molecular complexity index is 1400. The first-order chi connectivity index (χ1) is 18.0. The molecule has 1 aliphatic rings. The summed E-state index contributed by atoms with van der Waals surface area (Å²) in [4.78, 5) is 33.2. The van der Waals surface area contributed by atoms with Gasteiger partial charge in [-0.15, -0.1) is 0 Å². The molecule has 0 fully saturated rings. The largest absolute Gasteiger partial charge is 0.494 e. The van der Waals surface area contributed by atoms with Crippen LogP contribution >= 0.6 is 0 Å². The molecule has 5 rings (SSSR count). The van der Waals surface area contributed by atoms with Gasteiger partial charge in [-0.2, -0.15) is 0 Å². The molecule has 1 atom stereocenters. The Kier molecular flexibility index (Phi) is 7.30. The molecule has 3 heterocycles. The summed E-state index contributed by atoms with van der Waals surface area (Å²) in [6.07, 6.45) is 5.33. The lowest BCUT2D eigenvalue weighted by atomic mass is 10.0. The van der Waals surface area contributed by atoms with Crippen LogP contribution in [0.1, 0.15) is 40.0 Å². The van der Waals surface area contributed by atoms with Crippen LogP contribution in [0.5, 0.6) is 5.75 Å². The predicted octanol–water partition coefficient (Wildman–Crippen LogP) is 4.02. The van der Waals surface area contributed by atoms with Crippen molar-refractivity contribution in [2.24, 2.45) is 0 Å². The Hall–Kier alpha value is -4.40. The molecule has 2 aromatic heterocycles. The maximum atomic E-state index is 12.6. The van der Waals surface area contributed by atoms with Crippen molar-refractivity contribution in [1.29, 1.82) is 0 Å². The standard InChI is InChI=1S/C28H28N4O5/c33-27(20-8-12-25-23(16-20)30-17-37-25)32-24(28(34)35)15-18-5-10-22(11-6-18)36-14-2-4-21-9-7-19-3-1-13-29-26(19)31-21/h5-12,16-17,24H,1-4,13-15H2,(H,29,31)(H,32,33)(H,34,35)/t24-/m0/s1. The van der Waals surface area contributed by atoms with Crippen molar-refractivity contribution in [3.63, 3.8) is 0 Å². The van der Waals surface area contributed by atoms with Crippen molar-refractivity contribution < 1.29 is 23.8 Å². The first-order valence-corrected chi connectivity index (χ1v) is 12.4. The van der Waals surface area contributed by atoms with Gasteiger partial charge in [-0.05, 0) is 73.2 Å². The van der Waals surface area contributed by atoms with E-state index < -0.39 is 17.9 Å². The second kappa shape index (κ2) is 11.1. The highest BCUT2D eigenvalue weighted by Gasteiger charge is 2.21. The predicted molar refractivity (Wildman–Crippen MR) is 138 cm³/mol. The normalized spacial score (nSPS) is 13.4. The monoisotopic (exact) mass is 500 g/mol. The lowest BCUT2D eigenvalue weighted by Gasteiger charge is -2.17. The molecule has 4 aromatic rings. The number of anilines is 1. The SMILES string of the molecule is O=C(N[C@@H](Cc1ccc(OCCCc2ccc3c(n2)NCCC3)cc1)C(=O)O)c1ccc2ocnc2c1. The Labute approximate surface area is 213 Å². The van der Waals surface area contributed by atoms with Crippen LogP contribution in [0.25, 0.3) is 11.1 Å². The van der Waals surface area contributed by atoms with Crippen molar-refractivity contribution in [1.82, 2.24) is 15.3 Å². The molecule has 1 amide bonds. The summed E-state index contributed by atoms with van der Waals surface area (Å²) in [6.45, 7) is 1.53. The van der Waals surface area contributed by atoms with Crippen molar-refractivity contribution in [2.75, 3.05) is 18.5 Å². The van der Waals surface area contributed by atoms with E-state index in [1.165, 1.54) is 12.0 Å². The fourth-order valence-electron chi connectivity index (χ4n) is 4.35. The van der Waals surface area contributed by atoms with Gasteiger partial charge in [0, 0.05) is 24.2 Å². The average Bonchev–Trinajstić information content (AvgIpc) is 3.39. The van der Waals surface area contributed by atoms with E-state index in [0.29, 0.717) is 29.0 Å². The van der Waals surface area contributed by atoms with Gasteiger partial charge >= 0.3 is 5.97 Å². The van der Waals surface area contributed by atoms with E-state index in [-0.39, 0.29) is 6.42 Å². The summed E-state index contributed by atoms with van der Waals surface area (Å²) in [6, 6.07) is 15.2. The Morgan fingerprint density at radius 1 is 1.14 bits per heavy atom. The van der Waals surface area contributed by atoms with E-state index in [9.17, 15) is 14.7 Å². The van der Waals surface area contributed by atoms with Crippen LogP contribution in [0.3, 0.4) is 0 Å². The maximum Gasteiger partial charge on any atom is 0.326 e. The molecule has 190 valence electrons. The zero-order chi connectivity index (χ0) is 25.6. The number of aryl methyl sites for hydroxylation is 2. The first-order valence-electron chi connectivity index (χ1n) is 12.4. The van der Waals surface area contributed by atoms with Gasteiger partial charge in [0.05, 0.1) is 6.61 Å². The molecule has 0 bridgehead atoms. The minimum absolute atomic E-state index is 0.144. The zero-order valence-corrected chi connectivity index (χ0v) is 20.3. The van der Waals surface area contributed by atoms with E-state index in [1.54, 1.807) is 18.2 Å². The van der Waals surface area contributed by atoms with Gasteiger partial charge in [0.1, 0.15) is 23.1 Å². The summed E-state index contributed by atoms with van der Waals surface area (Å²) < 4.78 is 11.0. The van der Waals surface area contributed by atoms with Crippen molar-refractivity contribution in [3.8, 4) is 5.75 Å². The number of carboxylic acid groups (broad SMARTS) is 1. The molecular weight excluding hydrogens is 472 g/mol. The van der Waals surface area contributed by atoms with E-state index >= 15 is 0 Å². The molecule has 0 aliphatic carbocycles. The van der Waals surface area contributed by atoms with Crippen LogP contribution in [0.15, 0.2) is 65.4 Å². The number of rotatable bonds is 10. The lowest BCUT2D eigenvalue weighted by Crippen LogP contribution is -2.42. The highest BCUT2D eigenvalue weighted by Crippen LogP contribution is 2.20. The molecule has 9 heteroatoms. The quantitative estimate of drug-likeness (QED) is 0.279. The number of aromatic nitrogens is 2. The summed E-state index contributed by atoms with van der Waals surface area (Å²) in [7, 11) is 0. The molecular formula is C28H28N4O5. The van der Waals surface area contributed by atoms with Crippen LogP contribution in [0.2, 0.25) is 0 Å². The number of pyridine rings is 1. The fourth-order valence-corrected chi connectivity index (χ4v) is 4.35. The fraction of sp³-hybridized carbons (Fsp3) is 0.286. The summed E-state index contributed by atoms with van der Waals surface area (Å²) in [5.74, 6) is 0.122. The van der Waals surface area contributed by atoms with Gasteiger partial charge in [0.25, 0.3) is 5.91 Å². The number of hydrogen-bond acceptors (Lipinski definition) is 7. The molecule has 1 aliphatic heterocycles. The second-order valence-electron chi connectivity index (χ2n) is 9.04. The van der Waals surface area contributed by atoms with Gasteiger partial charge in [-0.25, -0.2) is 14.8 Å². The van der Waals surface area contributed by atoms with E-state index in [1.807, 2.05) is 24.3 Å². The van der Waals surface area contributed by atoms with Crippen molar-refractivity contribution in [3.05, 3.63) is 83.4 Å². The number of carbonyl (C=O) groups is 2. The average molecular weight is 501 g/mol. The number of ether oxygens (including phenoxy) is 1. The Balaban J connectivity index is 1.11. The minimum Gasteiger partial charge on any atom is -0.494 e. The number of carboxylic acids is 1. The zero-order valence-electron chi connectivity index (χ0n) is 20.3. The number of nitrogens with one attached hydrogen (secondary N) is 2. The number of carbonyl (C=O) groups excluding carboxylic acids is 1. The number of aliphatic carboxylic acids is 1. The van der Waals surface area contributed by atoms with Gasteiger partial charge in [0.2, 0.25) is 0 Å². The highest BCUT2D eigenvalue weighted by atomic mass is 16.5. The number of oxazole rings is 1. The van der Waals surface area contributed by atoms with E-state index in [0.717, 1.165) is 49.3 Å². The summed E-state index contributed by atoms with van der Waals surface area (Å²) in [5.41, 5.74) is 4.52. The molecule has 2 aromatic carbocycles. The summed E-state index contributed by atoms with van der Waals surface area (Å²) >= 11 is 0. The molecule has 0 radical (unpaired) electrons. The smallest absolute Gasteiger partial charge is 0.326 e. The molecule has 37 heavy (non-hydrogen) atoms. The molecule has 0 saturated carbocycles. The summed E-state index contributed by atoms with van der Waals surface area (Å²) in [5, 5.41) is 15.6. The first kappa shape index (κ1) is 24.3. The molecule has 0 unspecified atom stereocenters. The molecule has 0 spiro atoms. The molecule has 0 saturated heterocycles. The van der Waals surface area contributed by atoms with Gasteiger partial charge in [-0.1, -0.05) is 18.2 Å². The molecule has 3 N–H and O–H groups in total. The topological polar surface area (TPSA) is 127 Å². The minimum atomic E-state index is -1.11. The van der Waals surface area contributed by atoms with E-state index in [4.69, 9.17) is 14.1 Å². The van der Waals surface area contributed by atoms with Crippen LogP contribution < -0.4 is 15.4 Å². The lowest BCUT2D eigenvalue weighted by molar-refractivity contribution is -0.139. The van der Waals surface area contributed by atoms with Crippen LogP contribution in [0, 0.1) is 0 Å². The third-order valence-electron chi connectivity index (χ3n) is 6.36. The third-order valence-corrected chi connectivity index (χ3v) is 6.36. The molecule has 9 nitrogen and oxygen atoms in total. The van der Waals surface area contributed by atoms with Crippen LogP contribution in [-0.4, -0.2) is 46.1 Å². The van der Waals surface area contributed by atoms with Crippen molar-refractivity contribution >= 4 is 28.8 Å². The Morgan fingerprint density at radius 2 is 2.00 bits per heavy atom. The number of hydrogen-bond donors (Lipinski definition) is 3. The van der Waals surface area contributed by atoms with Gasteiger partial charge in [0.15, 0.2) is 12.0 Å². The second-order valence-corrected chi connectivity index (χ2v) is 9.04. The third kappa shape index (κ3) is 6.06. The van der Waals surface area contributed by atoms with Gasteiger partial charge in [-0.3, -0.25) is 4.79 Å². The van der Waals surface area contributed by atoms with E-state index in [2.05, 4.69) is 27.8 Å². The van der Waals surface area contributed by atoms with Crippen LogP contribution in [-0.2, 0) is 24.1 Å². The van der Waals surface area contributed by atoms with Gasteiger partial charge < -0.3 is 24.9 Å². The number of amides is 1. The highest BCUT2D eigenvalue weighted by molar-refractivity contribution is 5.98. The number of fused-ring (bicyclic) bond motifs is 2. The van der Waals surface area contributed by atoms with Crippen LogP contribution in [0.4, 0.5) is 5.82 Å². The number of nitrogens with zero attached hydrogens (tertiary/aromatic N) is 2. The van der Waals surface area contributed by atoms with Crippen molar-refractivity contribution in [2.45, 2.75) is 38.1 Å². The maximum absolute atomic E-state index is 12.6. The number of benzene rings is 2. The Morgan fingerprint density at radius 3 is 2.84 bits per heavy atom.